The molecule has 1 aromatic heterocycles. The molecule has 4 nitrogen and oxygen atoms in total. The molecule has 2 atom stereocenters. The number of nitrogens with one attached hydrogen (secondary N) is 2. The summed E-state index contributed by atoms with van der Waals surface area (Å²) in [5, 5.41) is 6.81. The van der Waals surface area contributed by atoms with Crippen LogP contribution < -0.4 is 10.6 Å². The molecule has 98 valence electrons. The number of halogens is 1. The molecule has 0 aliphatic heterocycles. The predicted molar refractivity (Wildman–Crippen MR) is 71.8 cm³/mol. The monoisotopic (exact) mass is 267 g/mol. The molecule has 1 fully saturated rings. The van der Waals surface area contributed by atoms with Gasteiger partial charge in [-0.25, -0.2) is 4.98 Å². The minimum atomic E-state index is -0.0837. The Morgan fingerprint density at radius 3 is 2.72 bits per heavy atom. The number of hydrogen-bond acceptors (Lipinski definition) is 3. The molecule has 0 bridgehead atoms. The fraction of sp³-hybridized carbons (Fsp3) is 0.538. The van der Waals surface area contributed by atoms with Gasteiger partial charge in [-0.2, -0.15) is 0 Å². The molecular weight excluding hydrogens is 250 g/mol. The van der Waals surface area contributed by atoms with Crippen molar-refractivity contribution in [1.82, 2.24) is 15.6 Å². The van der Waals surface area contributed by atoms with E-state index >= 15 is 0 Å². The van der Waals surface area contributed by atoms with Gasteiger partial charge in [0.15, 0.2) is 0 Å². The molecule has 2 N–H and O–H groups in total. The summed E-state index contributed by atoms with van der Waals surface area (Å²) in [6.07, 6.45) is 3.68. The molecule has 1 aromatic rings. The number of amides is 1. The predicted octanol–water partition coefficient (Wildman–Crippen LogP) is 1.99. The highest BCUT2D eigenvalue weighted by Crippen LogP contribution is 2.21. The van der Waals surface area contributed by atoms with Crippen molar-refractivity contribution in [3.63, 3.8) is 0 Å². The van der Waals surface area contributed by atoms with Crippen molar-refractivity contribution >= 4 is 17.5 Å². The van der Waals surface area contributed by atoms with Crippen LogP contribution in [-0.2, 0) is 0 Å². The Labute approximate surface area is 112 Å². The third-order valence-corrected chi connectivity index (χ3v) is 3.33. The summed E-state index contributed by atoms with van der Waals surface area (Å²) in [6, 6.07) is 4.29. The molecule has 0 aromatic carbocycles. The van der Waals surface area contributed by atoms with Crippen molar-refractivity contribution in [1.29, 1.82) is 0 Å². The van der Waals surface area contributed by atoms with Gasteiger partial charge in [0, 0.05) is 29.9 Å². The molecule has 18 heavy (non-hydrogen) atoms. The Hall–Kier alpha value is -1.13. The first-order valence-corrected chi connectivity index (χ1v) is 6.62. The first kappa shape index (κ1) is 13.3. The van der Waals surface area contributed by atoms with E-state index in [2.05, 4.69) is 29.5 Å². The van der Waals surface area contributed by atoms with Gasteiger partial charge in [-0.1, -0.05) is 25.4 Å². The fourth-order valence-corrected chi connectivity index (χ4v) is 2.27. The van der Waals surface area contributed by atoms with Gasteiger partial charge < -0.3 is 10.6 Å². The molecule has 1 heterocycles. The Morgan fingerprint density at radius 2 is 2.17 bits per heavy atom. The van der Waals surface area contributed by atoms with Crippen molar-refractivity contribution < 1.29 is 4.79 Å². The highest BCUT2D eigenvalue weighted by atomic mass is 35.5. The quantitative estimate of drug-likeness (QED) is 0.821. The van der Waals surface area contributed by atoms with Gasteiger partial charge in [-0.3, -0.25) is 4.79 Å². The summed E-state index contributed by atoms with van der Waals surface area (Å²) in [5.74, 6) is -0.0837. The van der Waals surface area contributed by atoms with Crippen molar-refractivity contribution in [3.8, 4) is 0 Å². The second-order valence-corrected chi connectivity index (χ2v) is 5.34. The number of carbonyl (C=O) groups excluding carboxylic acids is 1. The largest absolute Gasteiger partial charge is 0.348 e. The summed E-state index contributed by atoms with van der Waals surface area (Å²) in [4.78, 5) is 15.9. The molecule has 0 unspecified atom stereocenters. The summed E-state index contributed by atoms with van der Waals surface area (Å²) < 4.78 is 0. The highest BCUT2D eigenvalue weighted by molar-refractivity contribution is 6.29. The van der Waals surface area contributed by atoms with Crippen LogP contribution in [0.3, 0.4) is 0 Å². The fourth-order valence-electron chi connectivity index (χ4n) is 2.10. The molecule has 1 aliphatic rings. The summed E-state index contributed by atoms with van der Waals surface area (Å²) in [5.41, 5.74) is 0.560. The number of rotatable bonds is 4. The lowest BCUT2D eigenvalue weighted by molar-refractivity contribution is 0.0890. The summed E-state index contributed by atoms with van der Waals surface area (Å²) in [6.45, 7) is 4.22. The lowest BCUT2D eigenvalue weighted by Crippen LogP contribution is -2.58. The van der Waals surface area contributed by atoms with E-state index in [9.17, 15) is 4.79 Å². The standard InChI is InChI=1S/C13H18ClN3O/c1-8(2)16-10-3-4-11(10)17-13(18)9-5-6-15-12(14)7-9/h5-8,10-11,16H,3-4H2,1-2H3,(H,17,18)/t10-,11+/m1/s1. The molecule has 1 saturated carbocycles. The lowest BCUT2D eigenvalue weighted by atomic mass is 9.85. The number of carbonyl (C=O) groups is 1. The zero-order valence-electron chi connectivity index (χ0n) is 10.6. The van der Waals surface area contributed by atoms with Gasteiger partial charge in [0.1, 0.15) is 5.15 Å². The minimum absolute atomic E-state index is 0.0837. The van der Waals surface area contributed by atoms with Crippen molar-refractivity contribution in [2.45, 2.75) is 44.8 Å². The van der Waals surface area contributed by atoms with E-state index < -0.39 is 0 Å². The zero-order valence-corrected chi connectivity index (χ0v) is 11.4. The van der Waals surface area contributed by atoms with Crippen LogP contribution in [0.5, 0.6) is 0 Å². The van der Waals surface area contributed by atoms with Crippen LogP contribution in [0.1, 0.15) is 37.0 Å². The van der Waals surface area contributed by atoms with E-state index in [1.807, 2.05) is 0 Å². The number of aromatic nitrogens is 1. The van der Waals surface area contributed by atoms with E-state index in [1.54, 1.807) is 18.3 Å². The van der Waals surface area contributed by atoms with Gasteiger partial charge in [0.25, 0.3) is 5.91 Å². The summed E-state index contributed by atoms with van der Waals surface area (Å²) in [7, 11) is 0. The molecule has 5 heteroatoms. The van der Waals surface area contributed by atoms with Gasteiger partial charge in [-0.15, -0.1) is 0 Å². The van der Waals surface area contributed by atoms with Crippen LogP contribution in [0.25, 0.3) is 0 Å². The van der Waals surface area contributed by atoms with E-state index in [4.69, 9.17) is 11.6 Å². The van der Waals surface area contributed by atoms with E-state index in [-0.39, 0.29) is 11.9 Å². The van der Waals surface area contributed by atoms with Gasteiger partial charge in [0.05, 0.1) is 0 Å². The molecule has 0 spiro atoms. The maximum absolute atomic E-state index is 12.0. The minimum Gasteiger partial charge on any atom is -0.348 e. The normalized spacial score (nSPS) is 22.7. The van der Waals surface area contributed by atoms with Crippen molar-refractivity contribution in [3.05, 3.63) is 29.0 Å². The molecule has 2 rings (SSSR count). The highest BCUT2D eigenvalue weighted by Gasteiger charge is 2.32. The van der Waals surface area contributed by atoms with E-state index in [0.717, 1.165) is 12.8 Å². The van der Waals surface area contributed by atoms with E-state index in [1.165, 1.54) is 0 Å². The smallest absolute Gasteiger partial charge is 0.251 e. The topological polar surface area (TPSA) is 54.0 Å². The maximum atomic E-state index is 12.0. The molecule has 1 aliphatic carbocycles. The molecule has 0 saturated heterocycles. The first-order valence-electron chi connectivity index (χ1n) is 6.24. The van der Waals surface area contributed by atoms with Crippen LogP contribution in [0.2, 0.25) is 5.15 Å². The number of hydrogen-bond donors (Lipinski definition) is 2. The first-order chi connectivity index (χ1) is 8.56. The molecule has 1 amide bonds. The lowest BCUT2D eigenvalue weighted by Gasteiger charge is -2.39. The van der Waals surface area contributed by atoms with Crippen LogP contribution in [0.4, 0.5) is 0 Å². The average molecular weight is 268 g/mol. The van der Waals surface area contributed by atoms with Crippen molar-refractivity contribution in [2.75, 3.05) is 0 Å². The van der Waals surface area contributed by atoms with Crippen LogP contribution >= 0.6 is 11.6 Å². The van der Waals surface area contributed by atoms with Crippen molar-refractivity contribution in [2.24, 2.45) is 0 Å². The Morgan fingerprint density at radius 1 is 1.44 bits per heavy atom. The van der Waals surface area contributed by atoms with Gasteiger partial charge in [-0.05, 0) is 25.0 Å². The number of nitrogens with zero attached hydrogens (tertiary/aromatic N) is 1. The van der Waals surface area contributed by atoms with Gasteiger partial charge >= 0.3 is 0 Å². The van der Waals surface area contributed by atoms with Crippen LogP contribution in [0, 0.1) is 0 Å². The Kier molecular flexibility index (Phi) is 4.19. The SMILES string of the molecule is CC(C)N[C@@H]1CC[C@@H]1NC(=O)c1ccnc(Cl)c1. The Balaban J connectivity index is 1.92. The van der Waals surface area contributed by atoms with Gasteiger partial charge in [0.2, 0.25) is 0 Å². The number of pyridine rings is 1. The second-order valence-electron chi connectivity index (χ2n) is 4.95. The third kappa shape index (κ3) is 3.21. The maximum Gasteiger partial charge on any atom is 0.251 e. The van der Waals surface area contributed by atoms with Crippen LogP contribution in [-0.4, -0.2) is 29.0 Å². The third-order valence-electron chi connectivity index (χ3n) is 3.13. The van der Waals surface area contributed by atoms with Crippen LogP contribution in [0.15, 0.2) is 18.3 Å². The average Bonchev–Trinajstić information content (AvgIpc) is 2.31. The second kappa shape index (κ2) is 5.67. The summed E-state index contributed by atoms with van der Waals surface area (Å²) >= 11 is 5.77. The Bertz CT molecular complexity index is 436. The zero-order chi connectivity index (χ0) is 13.1. The molecule has 0 radical (unpaired) electrons. The molecular formula is C13H18ClN3O. The van der Waals surface area contributed by atoms with E-state index in [0.29, 0.717) is 22.8 Å².